The summed E-state index contributed by atoms with van der Waals surface area (Å²) in [6.45, 7) is 4.85. The van der Waals surface area contributed by atoms with E-state index in [1.807, 2.05) is 6.92 Å². The van der Waals surface area contributed by atoms with Crippen molar-refractivity contribution in [1.82, 2.24) is 50.2 Å². The number of unbranched alkanes of at least 4 members (excludes halogenated alkanes) is 2. The third-order valence-electron chi connectivity index (χ3n) is 12.7. The molecule has 0 spiro atoms. The number of carboxylic acid groups (broad SMARTS) is 2. The Labute approximate surface area is 513 Å². The van der Waals surface area contributed by atoms with Crippen LogP contribution in [0.4, 0.5) is 11.5 Å². The summed E-state index contributed by atoms with van der Waals surface area (Å²) >= 11 is 1.72. The van der Waals surface area contributed by atoms with E-state index in [0.717, 1.165) is 17.7 Å². The largest absolute Gasteiger partial charge is 0.642 e. The summed E-state index contributed by atoms with van der Waals surface area (Å²) < 4.78 is 3.61. The molecule has 31 nitrogen and oxygen atoms in total. The number of carboxylic acids is 2. The number of anilines is 1. The molecule has 1 aliphatic rings. The van der Waals surface area contributed by atoms with Crippen LogP contribution in [0.2, 0.25) is 0 Å². The van der Waals surface area contributed by atoms with E-state index >= 15 is 0 Å². The maximum atomic E-state index is 14.0. The number of aliphatic imine (C=N–C) groups is 1. The molecule has 87 heavy (non-hydrogen) atoms. The monoisotopic (exact) mass is 1300 g/mol. The summed E-state index contributed by atoms with van der Waals surface area (Å²) in [6.07, 6.45) is 8.01. The minimum atomic E-state index is -1.55. The van der Waals surface area contributed by atoms with E-state index in [9.17, 15) is 53.1 Å². The van der Waals surface area contributed by atoms with E-state index in [1.54, 1.807) is 69.2 Å². The van der Waals surface area contributed by atoms with Gasteiger partial charge in [-0.1, -0.05) is 32.7 Å². The van der Waals surface area contributed by atoms with Crippen molar-refractivity contribution in [3.8, 4) is 0 Å². The predicted octanol–water partition coefficient (Wildman–Crippen LogP) is -0.607. The number of guanidine groups is 1. The second kappa shape index (κ2) is 40.0. The van der Waals surface area contributed by atoms with E-state index in [-0.39, 0.29) is 73.3 Å². The van der Waals surface area contributed by atoms with Crippen LogP contribution in [0.3, 0.4) is 0 Å². The molecule has 2 aromatic heterocycles. The first-order valence-corrected chi connectivity index (χ1v) is 28.5. The Morgan fingerprint density at radius 1 is 0.862 bits per heavy atom. The first kappa shape index (κ1) is 74.6. The number of carbonyl (C=O) groups is 10. The minimum Gasteiger partial charge on any atom is -0.642 e. The molecule has 4 atom stereocenters. The number of aromatic nitrogens is 2. The molecule has 0 saturated carbocycles. The number of nitrogens with two attached hydrogens (primary N) is 2. The molecule has 8 amide bonds. The van der Waals surface area contributed by atoms with Gasteiger partial charge in [0.25, 0.3) is 17.8 Å². The van der Waals surface area contributed by atoms with Crippen LogP contribution in [0, 0.1) is 5.92 Å². The molecule has 32 heteroatoms. The number of hydrogen-bond donors (Lipinski definition) is 14. The Morgan fingerprint density at radius 2 is 1.54 bits per heavy atom. The number of nitrogens with one attached hydrogen (secondary N) is 7. The van der Waals surface area contributed by atoms with Gasteiger partial charge < -0.3 is 79.1 Å². The number of likely N-dealkylation sites (N-methyl/N-ethyl adjacent to an activating group) is 1. The molecule has 1 unspecified atom stereocenters. The Bertz CT molecular complexity index is 2840. The van der Waals surface area contributed by atoms with E-state index in [0.29, 0.717) is 48.3 Å². The summed E-state index contributed by atoms with van der Waals surface area (Å²) in [5.41, 5.74) is 11.0. The molecule has 0 fully saturated rings. The zero-order valence-electron chi connectivity index (χ0n) is 49.2. The third-order valence-corrected chi connectivity index (χ3v) is 12.9. The van der Waals surface area contributed by atoms with Crippen molar-refractivity contribution in [2.45, 2.75) is 122 Å². The van der Waals surface area contributed by atoms with Crippen molar-refractivity contribution in [3.05, 3.63) is 88.6 Å². The SMILES string of the molecule is CC(C)[C@H]1NC(=O)c2cc(cc(NC(=O)CCCCCNC(=O)c3ccc(N=[N+]=[Tc])nc3)c2)CNC(=O)[C@H](CC(=O)O)NC(=O)CNC(=O)[C@H](CCCN=C(N)N)N(C)C1=O.CCCC(C)NC(=O)c1ccncc1.O=C(O)C[N-]C(CO)(CO)CO. The van der Waals surface area contributed by atoms with Crippen LogP contribution in [-0.4, -0.2) is 188 Å². The molecule has 4 rings (SSSR count). The minimum absolute atomic E-state index is 0.0150. The number of rotatable bonds is 26. The third kappa shape index (κ3) is 28.5. The van der Waals surface area contributed by atoms with Gasteiger partial charge in [-0.2, -0.15) is 0 Å². The number of carbonyl (C=O) groups excluding carboxylic acids is 8. The maximum absolute atomic E-state index is 14.0. The zero-order valence-corrected chi connectivity index (χ0v) is 51.0. The van der Waals surface area contributed by atoms with Crippen LogP contribution in [0.15, 0.2) is 71.2 Å². The molecule has 0 saturated heterocycles. The second-order valence-corrected chi connectivity index (χ2v) is 20.6. The zero-order chi connectivity index (χ0) is 65.1. The summed E-state index contributed by atoms with van der Waals surface area (Å²) in [7, 11) is 1.38. The van der Waals surface area contributed by atoms with Crippen molar-refractivity contribution in [2.75, 3.05) is 58.4 Å². The molecule has 1 aromatic carbocycles. The molecular formula is C55H80N16O15Tc. The fourth-order valence-electron chi connectivity index (χ4n) is 7.91. The van der Waals surface area contributed by atoms with Gasteiger partial charge in [-0.25, -0.2) is 0 Å². The van der Waals surface area contributed by atoms with E-state index < -0.39 is 110 Å². The number of fused-ring (bicyclic) bond motifs is 2. The van der Waals surface area contributed by atoms with Crippen LogP contribution >= 0.6 is 0 Å². The van der Waals surface area contributed by atoms with Gasteiger partial charge in [0.1, 0.15) is 18.1 Å². The van der Waals surface area contributed by atoms with Crippen LogP contribution < -0.4 is 52.1 Å². The van der Waals surface area contributed by atoms with E-state index in [4.69, 9.17) is 31.9 Å². The molecule has 1 aliphatic heterocycles. The molecular weight excluding hydrogens is 1220 g/mol. The summed E-state index contributed by atoms with van der Waals surface area (Å²) in [5.74, 6) is -7.31. The predicted molar refractivity (Wildman–Crippen MR) is 312 cm³/mol. The smallest absolute Gasteiger partial charge is 0.305 e. The maximum Gasteiger partial charge on any atom is 0.305 e. The molecule has 0 radical (unpaired) electrons. The van der Waals surface area contributed by atoms with Crippen LogP contribution in [0.1, 0.15) is 122 Å². The Morgan fingerprint density at radius 3 is 2.13 bits per heavy atom. The summed E-state index contributed by atoms with van der Waals surface area (Å²) in [6, 6.07) is 7.33. The average molecular weight is 1300 g/mol. The van der Waals surface area contributed by atoms with Gasteiger partial charge in [0, 0.05) is 81.6 Å². The number of aliphatic hydroxyl groups is 3. The van der Waals surface area contributed by atoms with Gasteiger partial charge in [0.2, 0.25) is 29.5 Å². The number of hydrogen-bond acceptors (Lipinski definition) is 17. The van der Waals surface area contributed by atoms with Gasteiger partial charge in [0.05, 0.1) is 13.0 Å². The first-order chi connectivity index (χ1) is 41.3. The van der Waals surface area contributed by atoms with Crippen molar-refractivity contribution in [2.24, 2.45) is 27.5 Å². The molecule has 2 bridgehead atoms. The van der Waals surface area contributed by atoms with Gasteiger partial charge in [-0.05, 0) is 74.5 Å². The quantitative estimate of drug-likeness (QED) is 0.0157. The van der Waals surface area contributed by atoms with Crippen LogP contribution in [0.25, 0.3) is 5.32 Å². The van der Waals surface area contributed by atoms with Gasteiger partial charge >= 0.3 is 110 Å². The second-order valence-electron chi connectivity index (χ2n) is 20.2. The standard InChI is InChI=1S/C38H52N13O9.C11H16N2O.C6H12NO5.Tc/c1-21(2)32-37(60)51(3)27(8-7-13-43-38(39)40)36(59)46-20-30(53)48-26(17-31(54)55)35(58)45-18-22-14-24(34(57)49-32)16-25(15-22)47-29(52)9-5-4-6-12-42-33(56)23-10-11-28(50-41)44-19-23;1-3-4-9(2)13-11(14)10-5-7-12-8-6-10;8-2-6(3-9,4-10)7-1-5(11)12;/h10-11,14-16,19,21,26-27,32H,4-9,12-13,17-18,20H2,1-3H3,(H,42,56)(H,45,58)(H,46,59)(H,47,52)(H,48,53)(H,49,57)(H,54,55)(H4,39,40,43);5-9H,3-4H2,1-2H3,(H,13,14);8-10H,1-4H2,(H,11,12);/q-1;;-1;+2/t26-,27-,32+;;;/m0.../s1. The molecule has 16 N–H and O–H groups in total. The van der Waals surface area contributed by atoms with Crippen molar-refractivity contribution in [3.63, 3.8) is 0 Å². The molecule has 3 heterocycles. The molecule has 3 aromatic rings. The van der Waals surface area contributed by atoms with E-state index in [1.165, 1.54) is 31.4 Å². The summed E-state index contributed by atoms with van der Waals surface area (Å²) in [5, 5.41) is 69.6. The van der Waals surface area contributed by atoms with Crippen LogP contribution in [0.5, 0.6) is 0 Å². The van der Waals surface area contributed by atoms with Crippen molar-refractivity contribution < 1.29 is 92.2 Å². The number of nitrogens with zero attached hydrogens (tertiary/aromatic N) is 7. The fraction of sp³-hybridized carbons (Fsp3) is 0.509. The molecule has 477 valence electrons. The van der Waals surface area contributed by atoms with Gasteiger partial charge in [-0.15, -0.1) is 0 Å². The summed E-state index contributed by atoms with van der Waals surface area (Å²) in [4.78, 5) is 139. The Hall–Kier alpha value is -8.51. The Balaban J connectivity index is 0.000000810. The average Bonchev–Trinajstić information content (AvgIpc) is 2.77. The number of benzene rings is 1. The number of aliphatic carboxylic acids is 2. The number of amides is 8. The Kier molecular flexibility index (Phi) is 34.3. The van der Waals surface area contributed by atoms with Gasteiger partial charge in [0.15, 0.2) is 5.96 Å². The van der Waals surface area contributed by atoms with E-state index in [2.05, 4.69) is 72.9 Å². The van der Waals surface area contributed by atoms with Gasteiger partial charge in [-0.3, -0.25) is 53.1 Å². The fourth-order valence-corrected chi connectivity index (χ4v) is 8.10. The number of pyridine rings is 2. The van der Waals surface area contributed by atoms with Crippen LogP contribution in [-0.2, 0) is 58.8 Å². The normalized spacial score (nSPS) is 15.9. The van der Waals surface area contributed by atoms with Crippen molar-refractivity contribution in [1.29, 1.82) is 0 Å². The van der Waals surface area contributed by atoms with Crippen molar-refractivity contribution >= 4 is 76.7 Å². The number of aliphatic hydroxyl groups excluding tert-OH is 3. The first-order valence-electron chi connectivity index (χ1n) is 27.7. The molecule has 0 aliphatic carbocycles. The topological polar surface area (TPSA) is 490 Å².